The summed E-state index contributed by atoms with van der Waals surface area (Å²) < 4.78 is 15.9. The third-order valence-corrected chi connectivity index (χ3v) is 4.51. The van der Waals surface area contributed by atoms with Gasteiger partial charge < -0.3 is 10.6 Å². The van der Waals surface area contributed by atoms with E-state index in [0.717, 1.165) is 43.0 Å². The van der Waals surface area contributed by atoms with Gasteiger partial charge in [-0.2, -0.15) is 5.10 Å². The molecule has 1 aromatic carbocycles. The number of guanidine groups is 1. The Kier molecular flexibility index (Phi) is 4.83. The fourth-order valence-corrected chi connectivity index (χ4v) is 2.94. The Morgan fingerprint density at radius 3 is 2.75 bits per heavy atom. The lowest BCUT2D eigenvalue weighted by atomic mass is 9.95. The molecule has 2 aromatic rings. The summed E-state index contributed by atoms with van der Waals surface area (Å²) in [6, 6.07) is 7.06. The van der Waals surface area contributed by atoms with E-state index in [1.165, 1.54) is 6.07 Å². The van der Waals surface area contributed by atoms with Crippen molar-refractivity contribution in [2.24, 2.45) is 4.99 Å². The zero-order valence-corrected chi connectivity index (χ0v) is 14.2. The van der Waals surface area contributed by atoms with Crippen LogP contribution in [0, 0.1) is 12.7 Å². The van der Waals surface area contributed by atoms with Crippen LogP contribution in [0.2, 0.25) is 0 Å². The molecule has 24 heavy (non-hydrogen) atoms. The molecule has 0 bridgehead atoms. The van der Waals surface area contributed by atoms with Crippen molar-refractivity contribution < 1.29 is 4.39 Å². The maximum atomic E-state index is 14.0. The average molecular weight is 329 g/mol. The molecule has 3 rings (SSSR count). The van der Waals surface area contributed by atoms with Crippen LogP contribution in [-0.4, -0.2) is 35.9 Å². The molecule has 0 aliphatic heterocycles. The number of aliphatic imine (C=N–C) groups is 1. The van der Waals surface area contributed by atoms with Crippen LogP contribution >= 0.6 is 0 Å². The van der Waals surface area contributed by atoms with Gasteiger partial charge in [0, 0.05) is 31.7 Å². The van der Waals surface area contributed by atoms with E-state index >= 15 is 0 Å². The summed E-state index contributed by atoms with van der Waals surface area (Å²) in [6.45, 7) is 4.21. The zero-order valence-electron chi connectivity index (χ0n) is 14.2. The zero-order chi connectivity index (χ0) is 17.0. The van der Waals surface area contributed by atoms with Gasteiger partial charge in [-0.25, -0.2) is 4.39 Å². The second kappa shape index (κ2) is 7.03. The number of benzene rings is 1. The SMILES string of the molecule is CN=C(NCCn1cc(C)cn1)NCC1(c2ccccc2F)CC1. The standard InChI is InChI=1S/C18H24FN5/c1-14-11-23-24(12-14)10-9-21-17(20-2)22-13-18(7-8-18)15-5-3-4-6-16(15)19/h3-6,11-12H,7-10,13H2,1-2H3,(H2,20,21,22). The third kappa shape index (κ3) is 3.75. The topological polar surface area (TPSA) is 54.2 Å². The number of halogens is 1. The number of hydrogen-bond donors (Lipinski definition) is 2. The van der Waals surface area contributed by atoms with E-state index in [-0.39, 0.29) is 11.2 Å². The molecular formula is C18H24FN5. The number of hydrogen-bond acceptors (Lipinski definition) is 2. The van der Waals surface area contributed by atoms with Gasteiger partial charge in [-0.15, -0.1) is 0 Å². The Bertz CT molecular complexity index is 718. The van der Waals surface area contributed by atoms with Crippen molar-refractivity contribution in [3.05, 3.63) is 53.6 Å². The molecule has 1 heterocycles. The minimum absolute atomic E-state index is 0.0952. The monoisotopic (exact) mass is 329 g/mol. The lowest BCUT2D eigenvalue weighted by Gasteiger charge is -2.19. The van der Waals surface area contributed by atoms with Gasteiger partial charge in [0.2, 0.25) is 0 Å². The van der Waals surface area contributed by atoms with Crippen LogP contribution in [0.3, 0.4) is 0 Å². The smallest absolute Gasteiger partial charge is 0.191 e. The van der Waals surface area contributed by atoms with E-state index in [2.05, 4.69) is 20.7 Å². The number of aryl methyl sites for hydroxylation is 1. The lowest BCUT2D eigenvalue weighted by molar-refractivity contribution is 0.556. The summed E-state index contributed by atoms with van der Waals surface area (Å²) in [7, 11) is 1.75. The summed E-state index contributed by atoms with van der Waals surface area (Å²) in [5.74, 6) is 0.621. The minimum Gasteiger partial charge on any atom is -0.356 e. The molecule has 2 N–H and O–H groups in total. The molecule has 6 heteroatoms. The molecule has 0 amide bonds. The van der Waals surface area contributed by atoms with Gasteiger partial charge in [0.05, 0.1) is 12.7 Å². The Balaban J connectivity index is 1.50. The molecule has 0 radical (unpaired) electrons. The van der Waals surface area contributed by atoms with E-state index in [1.54, 1.807) is 13.1 Å². The molecule has 0 spiro atoms. The predicted molar refractivity (Wildman–Crippen MR) is 93.6 cm³/mol. The number of nitrogens with zero attached hydrogens (tertiary/aromatic N) is 3. The van der Waals surface area contributed by atoms with Crippen LogP contribution in [0.4, 0.5) is 4.39 Å². The van der Waals surface area contributed by atoms with Crippen LogP contribution in [-0.2, 0) is 12.0 Å². The first-order valence-corrected chi connectivity index (χ1v) is 8.31. The van der Waals surface area contributed by atoms with Crippen LogP contribution in [0.1, 0.15) is 24.0 Å². The highest BCUT2D eigenvalue weighted by Crippen LogP contribution is 2.48. The molecule has 1 fully saturated rings. The van der Waals surface area contributed by atoms with Gasteiger partial charge >= 0.3 is 0 Å². The van der Waals surface area contributed by atoms with Gasteiger partial charge in [0.1, 0.15) is 5.82 Å². The van der Waals surface area contributed by atoms with Crippen molar-refractivity contribution in [1.82, 2.24) is 20.4 Å². The Hall–Kier alpha value is -2.37. The first kappa shape index (κ1) is 16.5. The molecule has 0 saturated heterocycles. The van der Waals surface area contributed by atoms with Crippen molar-refractivity contribution in [2.45, 2.75) is 31.7 Å². The van der Waals surface area contributed by atoms with Crippen LogP contribution in [0.15, 0.2) is 41.7 Å². The van der Waals surface area contributed by atoms with Gasteiger partial charge in [-0.05, 0) is 37.0 Å². The molecule has 1 saturated carbocycles. The maximum Gasteiger partial charge on any atom is 0.191 e. The van der Waals surface area contributed by atoms with Crippen LogP contribution in [0.5, 0.6) is 0 Å². The van der Waals surface area contributed by atoms with Gasteiger partial charge in [-0.1, -0.05) is 18.2 Å². The largest absolute Gasteiger partial charge is 0.356 e. The highest BCUT2D eigenvalue weighted by Gasteiger charge is 2.45. The van der Waals surface area contributed by atoms with E-state index in [9.17, 15) is 4.39 Å². The molecule has 1 aromatic heterocycles. The molecule has 1 aliphatic rings. The van der Waals surface area contributed by atoms with Gasteiger partial charge in [-0.3, -0.25) is 9.67 Å². The highest BCUT2D eigenvalue weighted by atomic mass is 19.1. The molecule has 1 aliphatic carbocycles. The van der Waals surface area contributed by atoms with Crippen molar-refractivity contribution in [3.8, 4) is 0 Å². The summed E-state index contributed by atoms with van der Waals surface area (Å²) in [6.07, 6.45) is 5.86. The first-order valence-electron chi connectivity index (χ1n) is 8.31. The molecule has 128 valence electrons. The molecule has 5 nitrogen and oxygen atoms in total. The Morgan fingerprint density at radius 2 is 2.12 bits per heavy atom. The fourth-order valence-electron chi connectivity index (χ4n) is 2.94. The predicted octanol–water partition coefficient (Wildman–Crippen LogP) is 2.23. The summed E-state index contributed by atoms with van der Waals surface area (Å²) >= 11 is 0. The van der Waals surface area contributed by atoms with E-state index in [0.29, 0.717) is 6.54 Å². The van der Waals surface area contributed by atoms with Crippen LogP contribution in [0.25, 0.3) is 0 Å². The fraction of sp³-hybridized carbons (Fsp3) is 0.444. The number of nitrogens with one attached hydrogen (secondary N) is 2. The number of rotatable bonds is 6. The minimum atomic E-state index is -0.117. The van der Waals surface area contributed by atoms with Crippen molar-refractivity contribution in [2.75, 3.05) is 20.1 Å². The van der Waals surface area contributed by atoms with Crippen molar-refractivity contribution in [1.29, 1.82) is 0 Å². The summed E-state index contributed by atoms with van der Waals surface area (Å²) in [4.78, 5) is 4.24. The third-order valence-electron chi connectivity index (χ3n) is 4.51. The van der Waals surface area contributed by atoms with E-state index in [1.807, 2.05) is 36.1 Å². The molecular weight excluding hydrogens is 305 g/mol. The summed E-state index contributed by atoms with van der Waals surface area (Å²) in [5, 5.41) is 10.9. The second-order valence-corrected chi connectivity index (χ2v) is 6.39. The average Bonchev–Trinajstić information content (AvgIpc) is 3.26. The molecule has 0 atom stereocenters. The van der Waals surface area contributed by atoms with Crippen LogP contribution < -0.4 is 10.6 Å². The van der Waals surface area contributed by atoms with Gasteiger partial charge in [0.15, 0.2) is 5.96 Å². The quantitative estimate of drug-likeness (QED) is 0.631. The Labute approximate surface area is 142 Å². The Morgan fingerprint density at radius 1 is 1.33 bits per heavy atom. The first-order chi connectivity index (χ1) is 11.6. The second-order valence-electron chi connectivity index (χ2n) is 6.39. The summed E-state index contributed by atoms with van der Waals surface area (Å²) in [5.41, 5.74) is 1.86. The number of aromatic nitrogens is 2. The maximum absolute atomic E-state index is 14.0. The highest BCUT2D eigenvalue weighted by molar-refractivity contribution is 5.79. The van der Waals surface area contributed by atoms with E-state index in [4.69, 9.17) is 0 Å². The van der Waals surface area contributed by atoms with E-state index < -0.39 is 0 Å². The molecule has 0 unspecified atom stereocenters. The lowest BCUT2D eigenvalue weighted by Crippen LogP contribution is -2.42. The van der Waals surface area contributed by atoms with Gasteiger partial charge in [0.25, 0.3) is 0 Å². The van der Waals surface area contributed by atoms with Crippen molar-refractivity contribution in [3.63, 3.8) is 0 Å². The normalized spacial score (nSPS) is 16.0. The van der Waals surface area contributed by atoms with Crippen molar-refractivity contribution >= 4 is 5.96 Å².